The predicted molar refractivity (Wildman–Crippen MR) is 82.7 cm³/mol. The highest BCUT2D eigenvalue weighted by atomic mass is 35.5. The molecule has 0 aliphatic heterocycles. The number of hydrogen-bond acceptors (Lipinski definition) is 5. The van der Waals surface area contributed by atoms with Crippen LogP contribution in [0, 0.1) is 0 Å². The average Bonchev–Trinajstić information content (AvgIpc) is 2.94. The summed E-state index contributed by atoms with van der Waals surface area (Å²) in [6.45, 7) is 0.324. The summed E-state index contributed by atoms with van der Waals surface area (Å²) in [7, 11) is 1.85. The molecule has 2 aromatic heterocycles. The average molecular weight is 306 g/mol. The van der Waals surface area contributed by atoms with Crippen molar-refractivity contribution in [3.8, 4) is 5.75 Å². The van der Waals surface area contributed by atoms with E-state index < -0.39 is 0 Å². The van der Waals surface area contributed by atoms with Crippen LogP contribution in [0.2, 0.25) is 5.02 Å². The molecular formula is C14H12ClN3OS. The second-order valence-corrected chi connectivity index (χ2v) is 5.45. The molecule has 1 aromatic carbocycles. The predicted octanol–water partition coefficient (Wildman–Crippen LogP) is 3.97. The van der Waals surface area contributed by atoms with Gasteiger partial charge in [0.05, 0.1) is 5.39 Å². The maximum absolute atomic E-state index is 5.83. The molecule has 0 atom stereocenters. The lowest BCUT2D eigenvalue weighted by Gasteiger charge is -2.07. The van der Waals surface area contributed by atoms with E-state index in [0.29, 0.717) is 17.5 Å². The number of fused-ring (bicyclic) bond motifs is 1. The van der Waals surface area contributed by atoms with E-state index in [1.54, 1.807) is 23.5 Å². The van der Waals surface area contributed by atoms with E-state index in [9.17, 15) is 0 Å². The molecule has 3 rings (SSSR count). The molecule has 0 spiro atoms. The van der Waals surface area contributed by atoms with Crippen molar-refractivity contribution < 1.29 is 4.74 Å². The maximum Gasteiger partial charge on any atom is 0.169 e. The lowest BCUT2D eigenvalue weighted by atomic mass is 10.3. The molecule has 4 nitrogen and oxygen atoms in total. The molecule has 1 N–H and O–H groups in total. The molecular weight excluding hydrogens is 294 g/mol. The van der Waals surface area contributed by atoms with E-state index >= 15 is 0 Å². The minimum atomic E-state index is 0.324. The van der Waals surface area contributed by atoms with Gasteiger partial charge in [-0.3, -0.25) is 0 Å². The Kier molecular flexibility index (Phi) is 3.71. The molecule has 0 fully saturated rings. The molecule has 0 saturated carbocycles. The van der Waals surface area contributed by atoms with Gasteiger partial charge < -0.3 is 10.1 Å². The first kappa shape index (κ1) is 13.1. The van der Waals surface area contributed by atoms with Crippen LogP contribution in [0.5, 0.6) is 5.75 Å². The van der Waals surface area contributed by atoms with Gasteiger partial charge in [-0.2, -0.15) is 0 Å². The molecule has 0 bridgehead atoms. The molecule has 0 aliphatic carbocycles. The van der Waals surface area contributed by atoms with Crippen LogP contribution >= 0.6 is 22.9 Å². The minimum Gasteiger partial charge on any atom is -0.486 e. The SMILES string of the molecule is CNc1nc(COc2ccc(Cl)cc2)nc2sccc12. The van der Waals surface area contributed by atoms with Crippen LogP contribution in [-0.4, -0.2) is 17.0 Å². The first-order valence-electron chi connectivity index (χ1n) is 6.06. The van der Waals surface area contributed by atoms with Crippen LogP contribution in [0.25, 0.3) is 10.2 Å². The number of thiophene rings is 1. The van der Waals surface area contributed by atoms with Crippen molar-refractivity contribution in [1.29, 1.82) is 0 Å². The van der Waals surface area contributed by atoms with Crippen molar-refractivity contribution in [1.82, 2.24) is 9.97 Å². The molecule has 0 radical (unpaired) electrons. The molecule has 102 valence electrons. The van der Waals surface area contributed by atoms with Crippen LogP contribution in [0.1, 0.15) is 5.82 Å². The summed E-state index contributed by atoms with van der Waals surface area (Å²) in [5, 5.41) is 6.81. The summed E-state index contributed by atoms with van der Waals surface area (Å²) in [6.07, 6.45) is 0. The lowest BCUT2D eigenvalue weighted by Crippen LogP contribution is -2.04. The van der Waals surface area contributed by atoms with Gasteiger partial charge in [-0.15, -0.1) is 11.3 Å². The molecule has 0 unspecified atom stereocenters. The smallest absolute Gasteiger partial charge is 0.169 e. The van der Waals surface area contributed by atoms with Crippen LogP contribution in [-0.2, 0) is 6.61 Å². The Morgan fingerprint density at radius 3 is 2.75 bits per heavy atom. The third-order valence-corrected chi connectivity index (χ3v) is 3.85. The van der Waals surface area contributed by atoms with Gasteiger partial charge in [0.25, 0.3) is 0 Å². The van der Waals surface area contributed by atoms with E-state index in [2.05, 4.69) is 15.3 Å². The topological polar surface area (TPSA) is 47.0 Å². The van der Waals surface area contributed by atoms with Crippen molar-refractivity contribution in [3.05, 3.63) is 46.6 Å². The summed E-state index contributed by atoms with van der Waals surface area (Å²) in [5.74, 6) is 2.22. The van der Waals surface area contributed by atoms with Crippen LogP contribution in [0.3, 0.4) is 0 Å². The van der Waals surface area contributed by atoms with Gasteiger partial charge in [0, 0.05) is 12.1 Å². The first-order chi connectivity index (χ1) is 9.76. The van der Waals surface area contributed by atoms with Gasteiger partial charge in [-0.05, 0) is 35.7 Å². The largest absolute Gasteiger partial charge is 0.486 e. The Labute approximate surface area is 125 Å². The second-order valence-electron chi connectivity index (χ2n) is 4.12. The van der Waals surface area contributed by atoms with Gasteiger partial charge in [-0.25, -0.2) is 9.97 Å². The molecule has 2 heterocycles. The Morgan fingerprint density at radius 2 is 2.00 bits per heavy atom. The maximum atomic E-state index is 5.83. The van der Waals surface area contributed by atoms with Gasteiger partial charge in [0.1, 0.15) is 23.0 Å². The van der Waals surface area contributed by atoms with E-state index in [4.69, 9.17) is 16.3 Å². The number of hydrogen-bond donors (Lipinski definition) is 1. The van der Waals surface area contributed by atoms with Gasteiger partial charge in [0.15, 0.2) is 5.82 Å². The fourth-order valence-electron chi connectivity index (χ4n) is 1.83. The fourth-order valence-corrected chi connectivity index (χ4v) is 2.74. The van der Waals surface area contributed by atoms with Crippen molar-refractivity contribution in [3.63, 3.8) is 0 Å². The Bertz CT molecular complexity index is 727. The number of benzene rings is 1. The van der Waals surface area contributed by atoms with Gasteiger partial charge >= 0.3 is 0 Å². The van der Waals surface area contributed by atoms with Crippen molar-refractivity contribution in [2.45, 2.75) is 6.61 Å². The third kappa shape index (κ3) is 2.69. The number of aromatic nitrogens is 2. The zero-order valence-electron chi connectivity index (χ0n) is 10.8. The van der Waals surface area contributed by atoms with Crippen molar-refractivity contribution in [2.75, 3.05) is 12.4 Å². The van der Waals surface area contributed by atoms with Crippen molar-refractivity contribution >= 4 is 39.0 Å². The first-order valence-corrected chi connectivity index (χ1v) is 7.32. The summed E-state index contributed by atoms with van der Waals surface area (Å²) < 4.78 is 5.67. The summed E-state index contributed by atoms with van der Waals surface area (Å²) in [6, 6.07) is 9.24. The van der Waals surface area contributed by atoms with E-state index in [1.165, 1.54) is 0 Å². The highest BCUT2D eigenvalue weighted by molar-refractivity contribution is 7.16. The van der Waals surface area contributed by atoms with E-state index in [-0.39, 0.29) is 0 Å². The number of halogens is 1. The zero-order chi connectivity index (χ0) is 13.9. The Hall–Kier alpha value is -1.85. The number of anilines is 1. The van der Waals surface area contributed by atoms with Crippen LogP contribution < -0.4 is 10.1 Å². The molecule has 0 aliphatic rings. The Morgan fingerprint density at radius 1 is 1.20 bits per heavy atom. The normalized spacial score (nSPS) is 10.7. The number of ether oxygens (including phenoxy) is 1. The molecule has 3 aromatic rings. The zero-order valence-corrected chi connectivity index (χ0v) is 12.3. The summed E-state index contributed by atoms with van der Waals surface area (Å²) in [5.41, 5.74) is 0. The van der Waals surface area contributed by atoms with Crippen LogP contribution in [0.15, 0.2) is 35.7 Å². The highest BCUT2D eigenvalue weighted by Crippen LogP contribution is 2.25. The van der Waals surface area contributed by atoms with Gasteiger partial charge in [-0.1, -0.05) is 11.6 Å². The summed E-state index contributed by atoms with van der Waals surface area (Å²) >= 11 is 7.42. The molecule has 20 heavy (non-hydrogen) atoms. The fraction of sp³-hybridized carbons (Fsp3) is 0.143. The number of nitrogens with zero attached hydrogens (tertiary/aromatic N) is 2. The van der Waals surface area contributed by atoms with Crippen LogP contribution in [0.4, 0.5) is 5.82 Å². The second kappa shape index (κ2) is 5.64. The van der Waals surface area contributed by atoms with Crippen molar-refractivity contribution in [2.24, 2.45) is 0 Å². The standard InChI is InChI=1S/C14H12ClN3OS/c1-16-13-11-6-7-20-14(11)18-12(17-13)8-19-10-4-2-9(15)3-5-10/h2-7H,8H2,1H3,(H,16,17,18). The van der Waals surface area contributed by atoms with Gasteiger partial charge in [0.2, 0.25) is 0 Å². The molecule has 6 heteroatoms. The number of nitrogens with one attached hydrogen (secondary N) is 1. The molecule has 0 amide bonds. The molecule has 0 saturated heterocycles. The van der Waals surface area contributed by atoms with E-state index in [0.717, 1.165) is 21.8 Å². The summed E-state index contributed by atoms with van der Waals surface area (Å²) in [4.78, 5) is 9.91. The quantitative estimate of drug-likeness (QED) is 0.792. The highest BCUT2D eigenvalue weighted by Gasteiger charge is 2.08. The number of rotatable bonds is 4. The lowest BCUT2D eigenvalue weighted by molar-refractivity contribution is 0.296. The van der Waals surface area contributed by atoms with E-state index in [1.807, 2.05) is 30.6 Å². The minimum absolute atomic E-state index is 0.324. The third-order valence-electron chi connectivity index (χ3n) is 2.79. The Balaban J connectivity index is 1.81. The monoisotopic (exact) mass is 305 g/mol.